The summed E-state index contributed by atoms with van der Waals surface area (Å²) in [5.74, 6) is 0.575. The molecule has 3 heterocycles. The lowest BCUT2D eigenvalue weighted by Gasteiger charge is -2.34. The van der Waals surface area contributed by atoms with Crippen LogP contribution >= 0.6 is 11.6 Å². The summed E-state index contributed by atoms with van der Waals surface area (Å²) in [4.78, 5) is 17.4. The van der Waals surface area contributed by atoms with Gasteiger partial charge in [-0.3, -0.25) is 9.69 Å². The maximum Gasteiger partial charge on any atom is 0.225 e. The number of nitrogens with zero attached hydrogens (tertiary/aromatic N) is 4. The highest BCUT2D eigenvalue weighted by molar-refractivity contribution is 6.30. The molecule has 1 aromatic heterocycles. The first-order chi connectivity index (χ1) is 14.1. The van der Waals surface area contributed by atoms with Gasteiger partial charge in [0.15, 0.2) is 0 Å². The van der Waals surface area contributed by atoms with Gasteiger partial charge in [-0.05, 0) is 57.8 Å². The monoisotopic (exact) mass is 414 g/mol. The van der Waals surface area contributed by atoms with E-state index in [9.17, 15) is 4.79 Å². The van der Waals surface area contributed by atoms with Crippen molar-refractivity contribution in [3.63, 3.8) is 0 Å². The fourth-order valence-electron chi connectivity index (χ4n) is 4.56. The van der Waals surface area contributed by atoms with Crippen molar-refractivity contribution in [1.29, 1.82) is 0 Å². The van der Waals surface area contributed by atoms with Crippen molar-refractivity contribution in [3.8, 4) is 5.69 Å². The number of piperidine rings is 1. The zero-order chi connectivity index (χ0) is 20.2. The van der Waals surface area contributed by atoms with E-state index in [0.717, 1.165) is 75.4 Å². The lowest BCUT2D eigenvalue weighted by Crippen LogP contribution is -2.42. The number of likely N-dealkylation sites (tertiary alicyclic amines) is 2. The molecular formula is C23H31ClN4O. The first-order valence-electron chi connectivity index (χ1n) is 10.9. The number of benzene rings is 1. The van der Waals surface area contributed by atoms with E-state index in [4.69, 9.17) is 11.6 Å². The third kappa shape index (κ3) is 4.67. The van der Waals surface area contributed by atoms with Crippen molar-refractivity contribution in [3.05, 3.63) is 46.7 Å². The summed E-state index contributed by atoms with van der Waals surface area (Å²) in [6.45, 7) is 6.60. The van der Waals surface area contributed by atoms with E-state index in [1.54, 1.807) is 0 Å². The standard InChI is InChI=1S/C23H31ClN4O/c1-18-21(22(24)28(25-18)20-9-5-4-6-10-20)17-26-15-11-19(12-16-26)23(29)27-13-7-2-3-8-14-27/h4-6,9-10,19H,2-3,7-8,11-17H2,1H3. The fourth-order valence-corrected chi connectivity index (χ4v) is 4.89. The minimum Gasteiger partial charge on any atom is -0.342 e. The molecule has 1 amide bonds. The smallest absolute Gasteiger partial charge is 0.225 e. The highest BCUT2D eigenvalue weighted by Crippen LogP contribution is 2.28. The Labute approximate surface area is 178 Å². The Bertz CT molecular complexity index is 819. The minimum absolute atomic E-state index is 0.188. The topological polar surface area (TPSA) is 41.4 Å². The molecule has 6 heteroatoms. The van der Waals surface area contributed by atoms with Crippen LogP contribution in [0.15, 0.2) is 30.3 Å². The maximum absolute atomic E-state index is 12.9. The molecule has 0 bridgehead atoms. The molecule has 156 valence electrons. The van der Waals surface area contributed by atoms with Gasteiger partial charge in [0.25, 0.3) is 0 Å². The van der Waals surface area contributed by atoms with Gasteiger partial charge in [0.05, 0.1) is 11.4 Å². The van der Waals surface area contributed by atoms with Gasteiger partial charge in [0.2, 0.25) is 5.91 Å². The molecule has 0 N–H and O–H groups in total. The third-order valence-electron chi connectivity index (χ3n) is 6.36. The maximum atomic E-state index is 12.9. The molecule has 5 nitrogen and oxygen atoms in total. The minimum atomic E-state index is 0.188. The molecule has 2 aliphatic heterocycles. The van der Waals surface area contributed by atoms with Gasteiger partial charge in [0.1, 0.15) is 5.15 Å². The van der Waals surface area contributed by atoms with Gasteiger partial charge in [-0.2, -0.15) is 5.10 Å². The van der Waals surface area contributed by atoms with E-state index in [2.05, 4.69) is 14.9 Å². The molecule has 2 aliphatic rings. The molecule has 0 spiro atoms. The van der Waals surface area contributed by atoms with Gasteiger partial charge in [0, 0.05) is 31.1 Å². The Kier molecular flexibility index (Phi) is 6.56. The SMILES string of the molecule is Cc1nn(-c2ccccc2)c(Cl)c1CN1CCC(C(=O)N2CCCCCC2)CC1. The predicted octanol–water partition coefficient (Wildman–Crippen LogP) is 4.45. The van der Waals surface area contributed by atoms with Crippen molar-refractivity contribution in [2.24, 2.45) is 5.92 Å². The van der Waals surface area contributed by atoms with Crippen LogP contribution in [0.3, 0.4) is 0 Å². The van der Waals surface area contributed by atoms with Crippen molar-refractivity contribution < 1.29 is 4.79 Å². The van der Waals surface area contributed by atoms with Crippen LogP contribution in [-0.2, 0) is 11.3 Å². The van der Waals surface area contributed by atoms with Gasteiger partial charge in [-0.1, -0.05) is 42.6 Å². The van der Waals surface area contributed by atoms with Crippen molar-refractivity contribution in [2.75, 3.05) is 26.2 Å². The number of carbonyl (C=O) groups is 1. The van der Waals surface area contributed by atoms with E-state index < -0.39 is 0 Å². The highest BCUT2D eigenvalue weighted by atomic mass is 35.5. The molecule has 29 heavy (non-hydrogen) atoms. The number of hydrogen-bond donors (Lipinski definition) is 0. The van der Waals surface area contributed by atoms with Crippen molar-refractivity contribution >= 4 is 17.5 Å². The average molecular weight is 415 g/mol. The quantitative estimate of drug-likeness (QED) is 0.742. The molecule has 0 unspecified atom stereocenters. The molecule has 2 fully saturated rings. The van der Waals surface area contributed by atoms with Crippen molar-refractivity contribution in [1.82, 2.24) is 19.6 Å². The van der Waals surface area contributed by atoms with Crippen LogP contribution in [0, 0.1) is 12.8 Å². The van der Waals surface area contributed by atoms with Gasteiger partial charge in [-0.25, -0.2) is 4.68 Å². The van der Waals surface area contributed by atoms with Crippen LogP contribution in [0.4, 0.5) is 0 Å². The Morgan fingerprint density at radius 3 is 2.34 bits per heavy atom. The molecular weight excluding hydrogens is 384 g/mol. The van der Waals surface area contributed by atoms with Crippen molar-refractivity contribution in [2.45, 2.75) is 52.0 Å². The molecule has 0 atom stereocenters. The van der Waals surface area contributed by atoms with Gasteiger partial charge < -0.3 is 4.90 Å². The summed E-state index contributed by atoms with van der Waals surface area (Å²) in [5, 5.41) is 5.35. The average Bonchev–Trinajstić information content (AvgIpc) is 2.95. The Hall–Kier alpha value is -1.85. The molecule has 1 aromatic carbocycles. The zero-order valence-electron chi connectivity index (χ0n) is 17.3. The summed E-state index contributed by atoms with van der Waals surface area (Å²) in [6.07, 6.45) is 6.73. The third-order valence-corrected chi connectivity index (χ3v) is 6.75. The van der Waals surface area contributed by atoms with E-state index in [1.165, 1.54) is 12.8 Å². The van der Waals surface area contributed by atoms with Crippen LogP contribution in [-0.4, -0.2) is 51.7 Å². The summed E-state index contributed by atoms with van der Waals surface area (Å²) in [6, 6.07) is 10.0. The van der Waals surface area contributed by atoms with Crippen LogP contribution in [0.2, 0.25) is 5.15 Å². The zero-order valence-corrected chi connectivity index (χ0v) is 18.1. The van der Waals surface area contributed by atoms with E-state index in [0.29, 0.717) is 11.1 Å². The Balaban J connectivity index is 1.36. The normalized spacial score (nSPS) is 19.3. The van der Waals surface area contributed by atoms with Crippen LogP contribution in [0.1, 0.15) is 49.8 Å². The summed E-state index contributed by atoms with van der Waals surface area (Å²) in [7, 11) is 0. The summed E-state index contributed by atoms with van der Waals surface area (Å²) >= 11 is 6.69. The first-order valence-corrected chi connectivity index (χ1v) is 11.3. The second kappa shape index (κ2) is 9.31. The summed E-state index contributed by atoms with van der Waals surface area (Å²) < 4.78 is 1.82. The number of hydrogen-bond acceptors (Lipinski definition) is 3. The lowest BCUT2D eigenvalue weighted by atomic mass is 9.95. The van der Waals surface area contributed by atoms with E-state index in [-0.39, 0.29) is 5.92 Å². The molecule has 4 rings (SSSR count). The van der Waals surface area contributed by atoms with E-state index in [1.807, 2.05) is 41.9 Å². The highest BCUT2D eigenvalue weighted by Gasteiger charge is 2.29. The van der Waals surface area contributed by atoms with Crippen LogP contribution in [0.5, 0.6) is 0 Å². The molecule has 0 aliphatic carbocycles. The number of para-hydroxylation sites is 1. The molecule has 0 saturated carbocycles. The molecule has 2 saturated heterocycles. The Morgan fingerprint density at radius 1 is 1.03 bits per heavy atom. The van der Waals surface area contributed by atoms with Gasteiger partial charge in [-0.15, -0.1) is 0 Å². The van der Waals surface area contributed by atoms with Crippen LogP contribution < -0.4 is 0 Å². The number of amides is 1. The molecule has 0 radical (unpaired) electrons. The van der Waals surface area contributed by atoms with Gasteiger partial charge >= 0.3 is 0 Å². The number of aromatic nitrogens is 2. The lowest BCUT2D eigenvalue weighted by molar-refractivity contribution is -0.137. The second-order valence-corrected chi connectivity index (χ2v) is 8.75. The van der Waals surface area contributed by atoms with Crippen LogP contribution in [0.25, 0.3) is 5.69 Å². The fraction of sp³-hybridized carbons (Fsp3) is 0.565. The number of carbonyl (C=O) groups excluding carboxylic acids is 1. The number of halogens is 1. The second-order valence-electron chi connectivity index (χ2n) is 8.39. The predicted molar refractivity (Wildman–Crippen MR) is 116 cm³/mol. The van der Waals surface area contributed by atoms with E-state index >= 15 is 0 Å². The summed E-state index contributed by atoms with van der Waals surface area (Å²) in [5.41, 5.74) is 3.04. The first kappa shape index (κ1) is 20.4. The number of rotatable bonds is 4. The largest absolute Gasteiger partial charge is 0.342 e. The number of aryl methyl sites for hydroxylation is 1. The molecule has 2 aromatic rings. The Morgan fingerprint density at radius 2 is 1.69 bits per heavy atom.